The molecule has 8 atom stereocenters. The number of Topliss-reactive ketones (excluding diaryl/α,β-unsaturated/α-hetero) is 3. The Labute approximate surface area is 160 Å². The summed E-state index contributed by atoms with van der Waals surface area (Å²) < 4.78 is 6.03. The van der Waals surface area contributed by atoms with E-state index in [4.69, 9.17) is 4.74 Å². The van der Waals surface area contributed by atoms with E-state index in [0.29, 0.717) is 18.8 Å². The normalized spacial score (nSPS) is 56.0. The Morgan fingerprint density at radius 2 is 1.81 bits per heavy atom. The van der Waals surface area contributed by atoms with Gasteiger partial charge in [-0.2, -0.15) is 0 Å². The van der Waals surface area contributed by atoms with Crippen LogP contribution in [0.2, 0.25) is 0 Å². The molecular weight excluding hydrogens is 344 g/mol. The molecule has 0 radical (unpaired) electrons. The topological polar surface area (TPSA) is 84.0 Å². The quantitative estimate of drug-likeness (QED) is 0.751. The summed E-state index contributed by atoms with van der Waals surface area (Å²) in [5.41, 5.74) is -1.66. The van der Waals surface area contributed by atoms with Crippen molar-refractivity contribution >= 4 is 17.3 Å². The summed E-state index contributed by atoms with van der Waals surface area (Å²) in [6.45, 7) is 5.81. The third kappa shape index (κ3) is 1.82. The van der Waals surface area contributed by atoms with E-state index < -0.39 is 17.6 Å². The molecule has 148 valence electrons. The highest BCUT2D eigenvalue weighted by atomic mass is 16.6. The number of epoxide rings is 1. The number of ketones is 3. The first-order valence-electron chi connectivity index (χ1n) is 10.5. The van der Waals surface area contributed by atoms with Crippen molar-refractivity contribution < 1.29 is 24.2 Å². The van der Waals surface area contributed by atoms with Gasteiger partial charge < -0.3 is 9.84 Å². The van der Waals surface area contributed by atoms with Crippen LogP contribution in [-0.2, 0) is 19.1 Å². The molecule has 0 bridgehead atoms. The maximum absolute atomic E-state index is 13.6. The molecule has 5 aliphatic rings. The summed E-state index contributed by atoms with van der Waals surface area (Å²) in [6, 6.07) is 0. The van der Waals surface area contributed by atoms with Crippen molar-refractivity contribution in [3.63, 3.8) is 0 Å². The van der Waals surface area contributed by atoms with Crippen LogP contribution < -0.4 is 0 Å². The smallest absolute Gasteiger partial charge is 0.164 e. The Balaban J connectivity index is 1.54. The monoisotopic (exact) mass is 374 g/mol. The fourth-order valence-corrected chi connectivity index (χ4v) is 8.18. The average molecular weight is 374 g/mol. The predicted octanol–water partition coefficient (Wildman–Crippen LogP) is 2.48. The fourth-order valence-electron chi connectivity index (χ4n) is 8.18. The van der Waals surface area contributed by atoms with Crippen LogP contribution >= 0.6 is 0 Å². The average Bonchev–Trinajstić information content (AvgIpc) is 3.31. The molecule has 0 amide bonds. The highest BCUT2D eigenvalue weighted by Crippen LogP contribution is 2.73. The number of ether oxygens (including phenoxy) is 1. The van der Waals surface area contributed by atoms with E-state index in [1.54, 1.807) is 0 Å². The van der Waals surface area contributed by atoms with Crippen LogP contribution in [0.3, 0.4) is 0 Å². The molecular formula is C22H30O5. The Bertz CT molecular complexity index is 760. The number of rotatable bonds is 2. The molecule has 5 fully saturated rings. The molecule has 0 aromatic heterocycles. The first-order chi connectivity index (χ1) is 12.6. The third-order valence-corrected chi connectivity index (χ3v) is 10.0. The van der Waals surface area contributed by atoms with Crippen molar-refractivity contribution in [3.8, 4) is 0 Å². The van der Waals surface area contributed by atoms with Gasteiger partial charge in [0, 0.05) is 29.6 Å². The third-order valence-electron chi connectivity index (χ3n) is 10.0. The lowest BCUT2D eigenvalue weighted by Crippen LogP contribution is -2.62. The maximum atomic E-state index is 13.6. The zero-order valence-corrected chi connectivity index (χ0v) is 16.5. The second-order valence-corrected chi connectivity index (χ2v) is 10.6. The van der Waals surface area contributed by atoms with Crippen molar-refractivity contribution in [1.29, 1.82) is 0 Å². The lowest BCUT2D eigenvalue weighted by atomic mass is 9.43. The Morgan fingerprint density at radius 3 is 2.52 bits per heavy atom. The molecule has 1 N–H and O–H groups in total. The van der Waals surface area contributed by atoms with Gasteiger partial charge in [0.25, 0.3) is 0 Å². The van der Waals surface area contributed by atoms with Crippen LogP contribution in [0.15, 0.2) is 0 Å². The second kappa shape index (κ2) is 5.10. The summed E-state index contributed by atoms with van der Waals surface area (Å²) in [6.07, 6.45) is 4.83. The van der Waals surface area contributed by atoms with Gasteiger partial charge in [0.2, 0.25) is 0 Å². The first kappa shape index (κ1) is 18.0. The number of hydrogen-bond acceptors (Lipinski definition) is 5. The van der Waals surface area contributed by atoms with Crippen LogP contribution in [0.4, 0.5) is 0 Å². The van der Waals surface area contributed by atoms with Crippen molar-refractivity contribution in [2.75, 3.05) is 6.61 Å². The Hall–Kier alpha value is -1.07. The molecule has 27 heavy (non-hydrogen) atoms. The van der Waals surface area contributed by atoms with E-state index in [1.165, 1.54) is 0 Å². The van der Waals surface area contributed by atoms with Gasteiger partial charge in [-0.1, -0.05) is 20.8 Å². The van der Waals surface area contributed by atoms with Crippen LogP contribution in [-0.4, -0.2) is 40.8 Å². The minimum atomic E-state index is -0.621. The van der Waals surface area contributed by atoms with Crippen LogP contribution in [0.25, 0.3) is 0 Å². The standard InChI is InChI=1S/C22H30O5/c1-19(16(26)11-23)7-5-13-12-4-9-22-18(27-22)14(24)6-8-20(22,2)17(12)15(25)10-21(13,19)3/h12-13,17-18,23H,4-11H2,1-3H3/t12-,13-,17+,18?,19+,20+,21-,22?/m0/s1. The van der Waals surface area contributed by atoms with Gasteiger partial charge in [-0.3, -0.25) is 14.4 Å². The molecule has 4 saturated carbocycles. The molecule has 4 aliphatic carbocycles. The van der Waals surface area contributed by atoms with E-state index in [-0.39, 0.29) is 46.1 Å². The molecule has 5 heteroatoms. The number of carbonyl (C=O) groups excluding carboxylic acids is 3. The molecule has 1 heterocycles. The molecule has 1 spiro atoms. The molecule has 5 rings (SSSR count). The van der Waals surface area contributed by atoms with Crippen molar-refractivity contribution in [2.45, 2.75) is 77.4 Å². The van der Waals surface area contributed by atoms with Gasteiger partial charge in [-0.05, 0) is 49.4 Å². The molecule has 1 saturated heterocycles. The summed E-state index contributed by atoms with van der Waals surface area (Å²) in [5.74, 6) is 0.867. The van der Waals surface area contributed by atoms with E-state index in [2.05, 4.69) is 13.8 Å². The predicted molar refractivity (Wildman–Crippen MR) is 96.8 cm³/mol. The van der Waals surface area contributed by atoms with Crippen LogP contribution in [0.5, 0.6) is 0 Å². The zero-order chi connectivity index (χ0) is 19.4. The zero-order valence-electron chi connectivity index (χ0n) is 16.5. The van der Waals surface area contributed by atoms with E-state index >= 15 is 0 Å². The summed E-state index contributed by atoms with van der Waals surface area (Å²) >= 11 is 0. The number of carbonyl (C=O) groups is 3. The van der Waals surface area contributed by atoms with Gasteiger partial charge in [-0.15, -0.1) is 0 Å². The summed E-state index contributed by atoms with van der Waals surface area (Å²) in [5, 5.41) is 9.54. The van der Waals surface area contributed by atoms with Gasteiger partial charge in [0.1, 0.15) is 24.1 Å². The Morgan fingerprint density at radius 1 is 1.07 bits per heavy atom. The maximum Gasteiger partial charge on any atom is 0.164 e. The highest BCUT2D eigenvalue weighted by molar-refractivity contribution is 5.92. The summed E-state index contributed by atoms with van der Waals surface area (Å²) in [7, 11) is 0. The van der Waals surface area contributed by atoms with E-state index in [0.717, 1.165) is 32.1 Å². The highest BCUT2D eigenvalue weighted by Gasteiger charge is 2.78. The van der Waals surface area contributed by atoms with Gasteiger partial charge in [0.05, 0.1) is 0 Å². The van der Waals surface area contributed by atoms with Crippen molar-refractivity contribution in [2.24, 2.45) is 34.0 Å². The van der Waals surface area contributed by atoms with Crippen LogP contribution in [0, 0.1) is 34.0 Å². The largest absolute Gasteiger partial charge is 0.389 e. The number of aliphatic hydroxyl groups is 1. The van der Waals surface area contributed by atoms with Crippen molar-refractivity contribution in [3.05, 3.63) is 0 Å². The Kier molecular flexibility index (Phi) is 3.40. The van der Waals surface area contributed by atoms with Gasteiger partial charge >= 0.3 is 0 Å². The number of aliphatic hydroxyl groups excluding tert-OH is 1. The first-order valence-corrected chi connectivity index (χ1v) is 10.5. The lowest BCUT2D eigenvalue weighted by molar-refractivity contribution is -0.166. The SMILES string of the molecule is C[C@]12CC(=O)[C@H]3[C@@H](CCC45OC4C(=O)CC[C@]35C)[C@@H]1CC[C@]2(C)C(=O)CO. The van der Waals surface area contributed by atoms with Gasteiger partial charge in [-0.25, -0.2) is 0 Å². The molecule has 5 nitrogen and oxygen atoms in total. The molecule has 1 aliphatic heterocycles. The van der Waals surface area contributed by atoms with Gasteiger partial charge in [0.15, 0.2) is 11.6 Å². The second-order valence-electron chi connectivity index (χ2n) is 10.6. The van der Waals surface area contributed by atoms with E-state index in [9.17, 15) is 19.5 Å². The summed E-state index contributed by atoms with van der Waals surface area (Å²) in [4.78, 5) is 38.4. The van der Waals surface area contributed by atoms with Crippen LogP contribution in [0.1, 0.15) is 65.7 Å². The van der Waals surface area contributed by atoms with E-state index in [1.807, 2.05) is 6.92 Å². The molecule has 0 aromatic carbocycles. The lowest BCUT2D eigenvalue weighted by Gasteiger charge is -2.59. The molecule has 0 aromatic rings. The number of fused-ring (bicyclic) bond motifs is 4. The minimum absolute atomic E-state index is 0.0611. The number of hydrogen-bond donors (Lipinski definition) is 1. The molecule has 2 unspecified atom stereocenters. The minimum Gasteiger partial charge on any atom is -0.389 e. The van der Waals surface area contributed by atoms with Crippen molar-refractivity contribution in [1.82, 2.24) is 0 Å². The fraction of sp³-hybridized carbons (Fsp3) is 0.864.